The van der Waals surface area contributed by atoms with Crippen LogP contribution in [0.3, 0.4) is 0 Å². The maximum Gasteiger partial charge on any atom is 0.338 e. The van der Waals surface area contributed by atoms with Crippen LogP contribution < -0.4 is 14.9 Å². The number of nitrogens with zero attached hydrogens (tertiary/aromatic N) is 4. The highest BCUT2D eigenvalue weighted by atomic mass is 32.1. The first-order valence-corrected chi connectivity index (χ1v) is 14.8. The van der Waals surface area contributed by atoms with Crippen LogP contribution >= 0.6 is 11.3 Å². The fraction of sp³-hybridized carbons (Fsp3) is 0.235. The molecular weight excluding hydrogens is 560 g/mol. The summed E-state index contributed by atoms with van der Waals surface area (Å²) in [5.41, 5.74) is 5.28. The second-order valence-corrected chi connectivity index (χ2v) is 11.6. The van der Waals surface area contributed by atoms with E-state index < -0.39 is 12.0 Å². The van der Waals surface area contributed by atoms with Crippen molar-refractivity contribution in [2.45, 2.75) is 47.6 Å². The average Bonchev–Trinajstić information content (AvgIpc) is 3.55. The summed E-state index contributed by atoms with van der Waals surface area (Å²) in [6.07, 6.45) is 1.85. The van der Waals surface area contributed by atoms with Gasteiger partial charge in [0.2, 0.25) is 5.88 Å². The summed E-state index contributed by atoms with van der Waals surface area (Å²) in [6.45, 7) is 11.3. The molecule has 5 aromatic rings. The standard InChI is InChI=1S/C34H30N4O4S/c1-7-41-33(40)29-20(4)36-34-38(30(29)26-14-10-12-23-11-8-9-13-25(23)26)31(39)28(43-34)16-24-15-18(2)37(21(24)5)32-27(17-35)19(3)22(6)42-32/h8-16,30H,7H2,1-6H3/b28-16+/t30-/m0/s1. The predicted octanol–water partition coefficient (Wildman–Crippen LogP) is 5.44. The Bertz CT molecular complexity index is 2210. The van der Waals surface area contributed by atoms with Crippen LogP contribution in [-0.2, 0) is 9.53 Å². The Hall–Kier alpha value is -4.94. The van der Waals surface area contributed by atoms with Crippen molar-refractivity contribution in [3.63, 3.8) is 0 Å². The van der Waals surface area contributed by atoms with Crippen molar-refractivity contribution in [1.82, 2.24) is 9.13 Å². The molecule has 0 spiro atoms. The molecule has 216 valence electrons. The number of aryl methyl sites for hydroxylation is 2. The van der Waals surface area contributed by atoms with E-state index in [4.69, 9.17) is 14.1 Å². The number of hydrogen-bond donors (Lipinski definition) is 0. The number of esters is 1. The van der Waals surface area contributed by atoms with Gasteiger partial charge in [-0.2, -0.15) is 5.26 Å². The SMILES string of the molecule is CCOC(=O)C1=C(C)N=c2s/c(=C/c3cc(C)n(-c4oc(C)c(C)c4C#N)c3C)c(=O)n2[C@H]1c1cccc2ccccc12. The Balaban J connectivity index is 1.58. The van der Waals surface area contributed by atoms with Crippen LogP contribution in [0, 0.1) is 39.0 Å². The molecule has 8 nitrogen and oxygen atoms in total. The predicted molar refractivity (Wildman–Crippen MR) is 166 cm³/mol. The number of hydrogen-bond acceptors (Lipinski definition) is 7. The molecule has 1 atom stereocenters. The van der Waals surface area contributed by atoms with Crippen molar-refractivity contribution < 1.29 is 13.9 Å². The van der Waals surface area contributed by atoms with Gasteiger partial charge in [0.25, 0.3) is 5.56 Å². The third kappa shape index (κ3) is 4.46. The zero-order valence-corrected chi connectivity index (χ0v) is 25.6. The van der Waals surface area contributed by atoms with Gasteiger partial charge in [-0.25, -0.2) is 9.79 Å². The molecule has 3 aromatic heterocycles. The molecule has 0 amide bonds. The summed E-state index contributed by atoms with van der Waals surface area (Å²) in [5.74, 6) is 0.672. The lowest BCUT2D eigenvalue weighted by Crippen LogP contribution is -2.40. The molecule has 0 bridgehead atoms. The summed E-state index contributed by atoms with van der Waals surface area (Å²) >= 11 is 1.28. The van der Waals surface area contributed by atoms with Gasteiger partial charge >= 0.3 is 5.97 Å². The van der Waals surface area contributed by atoms with E-state index in [2.05, 4.69) is 6.07 Å². The van der Waals surface area contributed by atoms with Gasteiger partial charge in [-0.3, -0.25) is 13.9 Å². The normalized spacial score (nSPS) is 15.0. The molecule has 0 N–H and O–H groups in total. The Morgan fingerprint density at radius 2 is 1.88 bits per heavy atom. The van der Waals surface area contributed by atoms with Gasteiger partial charge in [0.05, 0.1) is 28.5 Å². The quantitative estimate of drug-likeness (QED) is 0.254. The van der Waals surface area contributed by atoms with E-state index >= 15 is 0 Å². The molecule has 0 aliphatic carbocycles. The number of allylic oxidation sites excluding steroid dienone is 1. The molecule has 0 fully saturated rings. The van der Waals surface area contributed by atoms with Gasteiger partial charge in [0.1, 0.15) is 17.4 Å². The molecule has 0 saturated carbocycles. The second-order valence-electron chi connectivity index (χ2n) is 10.6. The van der Waals surface area contributed by atoms with Gasteiger partial charge in [-0.1, -0.05) is 53.8 Å². The largest absolute Gasteiger partial charge is 0.463 e. The zero-order valence-electron chi connectivity index (χ0n) is 24.8. The zero-order chi connectivity index (χ0) is 30.6. The molecule has 0 unspecified atom stereocenters. The lowest BCUT2D eigenvalue weighted by molar-refractivity contribution is -0.139. The van der Waals surface area contributed by atoms with Crippen molar-refractivity contribution in [3.05, 3.63) is 119 Å². The van der Waals surface area contributed by atoms with Crippen LogP contribution in [0.4, 0.5) is 0 Å². The number of aromatic nitrogens is 2. The van der Waals surface area contributed by atoms with Crippen LogP contribution in [-0.4, -0.2) is 21.7 Å². The topological polar surface area (TPSA) is 103 Å². The van der Waals surface area contributed by atoms with E-state index in [1.165, 1.54) is 11.3 Å². The molecule has 4 heterocycles. The lowest BCUT2D eigenvalue weighted by Gasteiger charge is -2.25. The van der Waals surface area contributed by atoms with Crippen LogP contribution in [0.2, 0.25) is 0 Å². The summed E-state index contributed by atoms with van der Waals surface area (Å²) < 4.78 is 15.5. The third-order valence-electron chi connectivity index (χ3n) is 8.07. The molecule has 9 heteroatoms. The van der Waals surface area contributed by atoms with E-state index in [1.807, 2.05) is 86.9 Å². The van der Waals surface area contributed by atoms with Crippen LogP contribution in [0.1, 0.15) is 59.3 Å². The summed E-state index contributed by atoms with van der Waals surface area (Å²) in [4.78, 5) is 32.8. The molecule has 1 aliphatic heterocycles. The van der Waals surface area contributed by atoms with Gasteiger partial charge in [0.15, 0.2) is 4.80 Å². The molecule has 1 aliphatic rings. The molecule has 0 saturated heterocycles. The minimum absolute atomic E-state index is 0.208. The highest BCUT2D eigenvalue weighted by molar-refractivity contribution is 7.07. The van der Waals surface area contributed by atoms with E-state index in [0.29, 0.717) is 37.8 Å². The fourth-order valence-corrected chi connectivity index (χ4v) is 6.90. The monoisotopic (exact) mass is 590 g/mol. The first-order chi connectivity index (χ1) is 20.7. The van der Waals surface area contributed by atoms with Crippen molar-refractivity contribution in [2.24, 2.45) is 4.99 Å². The first-order valence-electron chi connectivity index (χ1n) is 14.0. The van der Waals surface area contributed by atoms with Crippen molar-refractivity contribution in [1.29, 1.82) is 5.26 Å². The molecular formula is C34H30N4O4S. The first kappa shape index (κ1) is 28.2. The van der Waals surface area contributed by atoms with Gasteiger partial charge < -0.3 is 9.15 Å². The highest BCUT2D eigenvalue weighted by Crippen LogP contribution is 2.35. The Morgan fingerprint density at radius 1 is 1.14 bits per heavy atom. The molecule has 43 heavy (non-hydrogen) atoms. The maximum absolute atomic E-state index is 14.2. The van der Waals surface area contributed by atoms with Gasteiger partial charge in [-0.15, -0.1) is 0 Å². The van der Waals surface area contributed by atoms with Crippen molar-refractivity contribution >= 4 is 34.2 Å². The Labute approximate surface area is 252 Å². The number of rotatable bonds is 5. The Morgan fingerprint density at radius 3 is 2.63 bits per heavy atom. The number of fused-ring (bicyclic) bond motifs is 2. The smallest absolute Gasteiger partial charge is 0.338 e. The van der Waals surface area contributed by atoms with E-state index in [1.54, 1.807) is 18.4 Å². The number of ether oxygens (including phenoxy) is 1. The number of carbonyl (C=O) groups is 1. The third-order valence-corrected chi connectivity index (χ3v) is 9.06. The van der Waals surface area contributed by atoms with Gasteiger partial charge in [-0.05, 0) is 75.6 Å². The highest BCUT2D eigenvalue weighted by Gasteiger charge is 2.34. The minimum Gasteiger partial charge on any atom is -0.463 e. The van der Waals surface area contributed by atoms with E-state index in [9.17, 15) is 14.9 Å². The number of furan rings is 1. The minimum atomic E-state index is -0.705. The average molecular weight is 591 g/mol. The fourth-order valence-electron chi connectivity index (χ4n) is 5.86. The van der Waals surface area contributed by atoms with Crippen molar-refractivity contribution in [3.8, 4) is 12.0 Å². The van der Waals surface area contributed by atoms with Crippen molar-refractivity contribution in [2.75, 3.05) is 6.61 Å². The van der Waals surface area contributed by atoms with E-state index in [0.717, 1.165) is 38.9 Å². The number of thiazole rings is 1. The summed E-state index contributed by atoms with van der Waals surface area (Å²) in [7, 11) is 0. The summed E-state index contributed by atoms with van der Waals surface area (Å²) in [5, 5.41) is 11.8. The molecule has 2 aromatic carbocycles. The van der Waals surface area contributed by atoms with E-state index in [-0.39, 0.29) is 12.2 Å². The maximum atomic E-state index is 14.2. The van der Waals surface area contributed by atoms with Crippen LogP contribution in [0.5, 0.6) is 0 Å². The van der Waals surface area contributed by atoms with Crippen LogP contribution in [0.15, 0.2) is 74.0 Å². The number of nitriles is 1. The number of benzene rings is 2. The number of carbonyl (C=O) groups excluding carboxylic acids is 1. The Kier molecular flexibility index (Phi) is 7.03. The summed E-state index contributed by atoms with van der Waals surface area (Å²) in [6, 6.07) is 17.4. The molecule has 6 rings (SSSR count). The van der Waals surface area contributed by atoms with Gasteiger partial charge in [0, 0.05) is 17.0 Å². The van der Waals surface area contributed by atoms with Crippen LogP contribution in [0.25, 0.3) is 22.7 Å². The lowest BCUT2D eigenvalue weighted by atomic mass is 9.91. The second kappa shape index (κ2) is 10.7. The molecule has 0 radical (unpaired) electrons.